The molecule has 4 rings (SSSR count). The second-order valence-corrected chi connectivity index (χ2v) is 19.0. The van der Waals surface area contributed by atoms with Crippen molar-refractivity contribution in [2.75, 3.05) is 38.0 Å². The Hall–Kier alpha value is -0.700. The minimum atomic E-state index is -0.772. The van der Waals surface area contributed by atoms with Crippen molar-refractivity contribution in [2.45, 2.75) is 49.8 Å². The van der Waals surface area contributed by atoms with Crippen LogP contribution >= 0.6 is 14.5 Å². The maximum atomic E-state index is 2.74. The Morgan fingerprint density at radius 3 is 1.43 bits per heavy atom. The summed E-state index contributed by atoms with van der Waals surface area (Å²) in [7, 11) is -1.54. The van der Waals surface area contributed by atoms with Gasteiger partial charge in [0.2, 0.25) is 0 Å². The Morgan fingerprint density at radius 2 is 1.04 bits per heavy atom. The molecule has 2 aromatic carbocycles. The Morgan fingerprint density at radius 1 is 0.643 bits per heavy atom. The van der Waals surface area contributed by atoms with Gasteiger partial charge in [0.25, 0.3) is 0 Å². The Kier molecular flexibility index (Phi) is 6.60. The predicted molar refractivity (Wildman–Crippen MR) is 131 cm³/mol. The van der Waals surface area contributed by atoms with Crippen molar-refractivity contribution in [3.63, 3.8) is 0 Å². The zero-order valence-electron chi connectivity index (χ0n) is 17.9. The highest BCUT2D eigenvalue weighted by Crippen LogP contribution is 2.72. The van der Waals surface area contributed by atoms with Crippen LogP contribution in [0.1, 0.15) is 36.8 Å². The van der Waals surface area contributed by atoms with Crippen LogP contribution in [0.3, 0.4) is 0 Å². The van der Waals surface area contributed by atoms with E-state index in [1.54, 1.807) is 35.8 Å². The summed E-state index contributed by atoms with van der Waals surface area (Å²) in [6, 6.07) is 22.6. The van der Waals surface area contributed by atoms with E-state index in [1.807, 2.05) is 0 Å². The third-order valence-electron chi connectivity index (χ3n) is 7.93. The maximum Gasteiger partial charge on any atom is 0.0929 e. The van der Waals surface area contributed by atoms with Crippen molar-refractivity contribution < 1.29 is 0 Å². The Bertz CT molecular complexity index is 678. The monoisotopic (exact) mass is 412 g/mol. The molecule has 2 saturated heterocycles. The summed E-state index contributed by atoms with van der Waals surface area (Å²) in [6.07, 6.45) is 14.9. The normalized spacial score (nSPS) is 32.6. The average Bonchev–Trinajstić information content (AvgIpc) is 3.26. The number of rotatable bonds is 7. The molecule has 2 heterocycles. The molecule has 0 saturated carbocycles. The third-order valence-corrected chi connectivity index (χ3v) is 17.9. The van der Waals surface area contributed by atoms with Crippen LogP contribution in [-0.2, 0) is 12.8 Å². The number of hydrogen-bond donors (Lipinski definition) is 0. The molecule has 0 bridgehead atoms. The largest absolute Gasteiger partial charge is 0.0929 e. The molecule has 0 aromatic heterocycles. The zero-order chi connectivity index (χ0) is 19.5. The first-order chi connectivity index (χ1) is 13.6. The van der Waals surface area contributed by atoms with E-state index in [2.05, 4.69) is 74.0 Å². The molecule has 0 nitrogen and oxygen atoms in total. The van der Waals surface area contributed by atoms with Gasteiger partial charge in [-0.1, -0.05) is 60.7 Å². The molecule has 0 aliphatic carbocycles. The van der Waals surface area contributed by atoms with Gasteiger partial charge >= 0.3 is 0 Å². The van der Waals surface area contributed by atoms with Gasteiger partial charge in [-0.25, -0.2) is 0 Å². The van der Waals surface area contributed by atoms with Gasteiger partial charge in [0.05, 0.1) is 36.0 Å². The van der Waals surface area contributed by atoms with Crippen LogP contribution in [0.5, 0.6) is 0 Å². The van der Waals surface area contributed by atoms with Crippen LogP contribution in [0.2, 0.25) is 0 Å². The summed E-state index contributed by atoms with van der Waals surface area (Å²) in [5, 5.41) is 0. The molecule has 2 fully saturated rings. The molecule has 2 aliphatic rings. The molecule has 2 heteroatoms. The van der Waals surface area contributed by atoms with Gasteiger partial charge in [-0.2, -0.15) is 0 Å². The Labute approximate surface area is 174 Å². The lowest BCUT2D eigenvalue weighted by Gasteiger charge is -2.30. The Balaban J connectivity index is 1.40. The predicted octanol–water partition coefficient (Wildman–Crippen LogP) is 7.09. The molecule has 0 radical (unpaired) electrons. The van der Waals surface area contributed by atoms with Gasteiger partial charge < -0.3 is 0 Å². The van der Waals surface area contributed by atoms with Gasteiger partial charge in [0.1, 0.15) is 0 Å². The first-order valence-electron chi connectivity index (χ1n) is 11.3. The topological polar surface area (TPSA) is 0 Å². The smallest absolute Gasteiger partial charge is 0.0622 e. The summed E-state index contributed by atoms with van der Waals surface area (Å²) in [5.74, 6) is 0. The molecular formula is C26H38P2+2. The van der Waals surface area contributed by atoms with Crippen LogP contribution in [0.4, 0.5) is 0 Å². The standard InChI is InChI=1S/C26H38P2/c1-27(17-9-15-25(27)21-23-11-5-3-6-12-23)19-20-28(2)18-10-16-26(28)22-24-13-7-4-8-14-24/h3-8,11-14,25-26H,9-10,15-22H2,1-2H3/q+2/t25-,26-,27?,28?/m1/s1. The quantitative estimate of drug-likeness (QED) is 0.426. The fraction of sp³-hybridized carbons (Fsp3) is 0.538. The molecule has 2 unspecified atom stereocenters. The van der Waals surface area contributed by atoms with Crippen LogP contribution in [-0.4, -0.2) is 49.3 Å². The van der Waals surface area contributed by atoms with Crippen molar-refractivity contribution in [2.24, 2.45) is 0 Å². The van der Waals surface area contributed by atoms with E-state index in [1.165, 1.54) is 38.5 Å². The van der Waals surface area contributed by atoms with Crippen molar-refractivity contribution >= 4 is 14.5 Å². The molecule has 2 aliphatic heterocycles. The SMILES string of the molecule is C[P+]1(CC[P+]2(C)CCC[C@@H]2Cc2ccccc2)CCC[C@@H]1Cc1ccccc1. The van der Waals surface area contributed by atoms with Crippen LogP contribution in [0, 0.1) is 0 Å². The number of benzene rings is 2. The summed E-state index contributed by atoms with van der Waals surface area (Å²) >= 11 is 0. The highest BCUT2D eigenvalue weighted by Gasteiger charge is 2.51. The highest BCUT2D eigenvalue weighted by atomic mass is 31.2. The van der Waals surface area contributed by atoms with Crippen LogP contribution in [0.25, 0.3) is 0 Å². The minimum Gasteiger partial charge on any atom is -0.0622 e. The summed E-state index contributed by atoms with van der Waals surface area (Å²) in [5.41, 5.74) is 5.14. The van der Waals surface area contributed by atoms with E-state index in [4.69, 9.17) is 0 Å². The zero-order valence-corrected chi connectivity index (χ0v) is 19.7. The van der Waals surface area contributed by atoms with Crippen molar-refractivity contribution in [1.29, 1.82) is 0 Å². The fourth-order valence-corrected chi connectivity index (χ4v) is 16.1. The second kappa shape index (κ2) is 8.98. The molecule has 0 spiro atoms. The third kappa shape index (κ3) is 4.71. The molecule has 4 atom stereocenters. The number of hydrogen-bond acceptors (Lipinski definition) is 0. The molecule has 28 heavy (non-hydrogen) atoms. The maximum absolute atomic E-state index is 2.74. The lowest BCUT2D eigenvalue weighted by atomic mass is 10.1. The fourth-order valence-electron chi connectivity index (χ4n) is 5.83. The van der Waals surface area contributed by atoms with E-state index in [0.717, 1.165) is 11.3 Å². The molecule has 0 amide bonds. The van der Waals surface area contributed by atoms with E-state index in [9.17, 15) is 0 Å². The highest BCUT2D eigenvalue weighted by molar-refractivity contribution is 7.79. The molecule has 2 aromatic rings. The van der Waals surface area contributed by atoms with Gasteiger partial charge in [-0.15, -0.1) is 0 Å². The second-order valence-electron chi connectivity index (χ2n) is 9.82. The van der Waals surface area contributed by atoms with E-state index >= 15 is 0 Å². The molecule has 150 valence electrons. The van der Waals surface area contributed by atoms with Gasteiger partial charge in [-0.05, 0) is 36.8 Å². The van der Waals surface area contributed by atoms with Gasteiger partial charge in [-0.3, -0.25) is 0 Å². The van der Waals surface area contributed by atoms with Crippen molar-refractivity contribution in [3.05, 3.63) is 71.8 Å². The van der Waals surface area contributed by atoms with E-state index in [0.29, 0.717) is 0 Å². The average molecular weight is 413 g/mol. The van der Waals surface area contributed by atoms with Gasteiger partial charge in [0.15, 0.2) is 0 Å². The van der Waals surface area contributed by atoms with E-state index < -0.39 is 14.5 Å². The molecule has 0 N–H and O–H groups in total. The lowest BCUT2D eigenvalue weighted by molar-refractivity contribution is 0.769. The lowest BCUT2D eigenvalue weighted by Crippen LogP contribution is -2.21. The van der Waals surface area contributed by atoms with Crippen molar-refractivity contribution in [1.82, 2.24) is 0 Å². The van der Waals surface area contributed by atoms with Gasteiger partial charge in [0, 0.05) is 40.7 Å². The van der Waals surface area contributed by atoms with E-state index in [-0.39, 0.29) is 0 Å². The summed E-state index contributed by atoms with van der Waals surface area (Å²) in [4.78, 5) is 0. The first-order valence-corrected chi connectivity index (χ1v) is 16.7. The molecular weight excluding hydrogens is 374 g/mol. The minimum absolute atomic E-state index is 0.772. The van der Waals surface area contributed by atoms with Crippen molar-refractivity contribution in [3.8, 4) is 0 Å². The summed E-state index contributed by atoms with van der Waals surface area (Å²) in [6.45, 7) is 5.48. The van der Waals surface area contributed by atoms with Crippen LogP contribution in [0.15, 0.2) is 60.7 Å². The summed E-state index contributed by atoms with van der Waals surface area (Å²) < 4.78 is 0. The van der Waals surface area contributed by atoms with Crippen LogP contribution < -0.4 is 0 Å². The first kappa shape index (κ1) is 20.6.